The van der Waals surface area contributed by atoms with Crippen molar-refractivity contribution in [2.45, 2.75) is 0 Å². The molecule has 1 fully saturated rings. The highest BCUT2D eigenvalue weighted by atomic mass is 16.5. The van der Waals surface area contributed by atoms with Gasteiger partial charge in [-0.2, -0.15) is 5.26 Å². The number of nitriles is 1. The third-order valence-corrected chi connectivity index (χ3v) is 7.16. The van der Waals surface area contributed by atoms with Crippen LogP contribution in [-0.2, 0) is 16.6 Å². The van der Waals surface area contributed by atoms with Gasteiger partial charge in [-0.25, -0.2) is 15.0 Å². The zero-order chi connectivity index (χ0) is 29.8. The van der Waals surface area contributed by atoms with E-state index in [0.29, 0.717) is 55.2 Å². The smallest absolute Gasteiger partial charge is 0.266 e. The highest BCUT2D eigenvalue weighted by Gasteiger charge is 2.22. The molecule has 0 bridgehead atoms. The molecule has 0 atom stereocenters. The zero-order valence-electron chi connectivity index (χ0n) is 23.7. The van der Waals surface area contributed by atoms with Gasteiger partial charge in [-0.1, -0.05) is 18.2 Å². The van der Waals surface area contributed by atoms with Gasteiger partial charge in [-0.3, -0.25) is 4.79 Å². The van der Waals surface area contributed by atoms with Crippen LogP contribution in [0, 0.1) is 11.3 Å². The van der Waals surface area contributed by atoms with E-state index in [1.54, 1.807) is 31.8 Å². The number of benzene rings is 2. The molecule has 1 saturated heterocycles. The summed E-state index contributed by atoms with van der Waals surface area (Å²) < 4.78 is 13.4. The van der Waals surface area contributed by atoms with Crippen LogP contribution in [0.15, 0.2) is 72.8 Å². The molecule has 1 aliphatic heterocycles. The van der Waals surface area contributed by atoms with E-state index >= 15 is 0 Å². The van der Waals surface area contributed by atoms with Crippen LogP contribution in [0.2, 0.25) is 0 Å². The number of methoxy groups -OCH3 is 1. The number of carbonyl (C=O) groups excluding carboxylic acids is 1. The first kappa shape index (κ1) is 27.5. The summed E-state index contributed by atoms with van der Waals surface area (Å²) in [7, 11) is 3.58. The molecule has 12 heteroatoms. The van der Waals surface area contributed by atoms with Gasteiger partial charge in [0.15, 0.2) is 0 Å². The van der Waals surface area contributed by atoms with Crippen LogP contribution in [0.25, 0.3) is 28.2 Å². The number of morpholine rings is 1. The van der Waals surface area contributed by atoms with Crippen molar-refractivity contribution in [1.29, 1.82) is 5.26 Å². The summed E-state index contributed by atoms with van der Waals surface area (Å²) in [5.41, 5.74) is 4.51. The van der Waals surface area contributed by atoms with Crippen molar-refractivity contribution in [3.63, 3.8) is 0 Å². The predicted molar refractivity (Wildman–Crippen MR) is 164 cm³/mol. The van der Waals surface area contributed by atoms with Crippen molar-refractivity contribution in [2.75, 3.05) is 48.9 Å². The Morgan fingerprint density at radius 2 is 1.98 bits per heavy atom. The van der Waals surface area contributed by atoms with E-state index in [0.717, 1.165) is 27.8 Å². The largest absolute Gasteiger partial charge is 0.494 e. The number of rotatable bonds is 8. The minimum Gasteiger partial charge on any atom is -0.494 e. The third kappa shape index (κ3) is 5.74. The number of nitrogens with zero attached hydrogens (tertiary/aromatic N) is 6. The average Bonchev–Trinajstić information content (AvgIpc) is 3.68. The van der Waals surface area contributed by atoms with E-state index in [1.807, 2.05) is 43.6 Å². The number of nitrogens with one attached hydrogen (secondary N) is 3. The second kappa shape index (κ2) is 12.1. The van der Waals surface area contributed by atoms with Gasteiger partial charge >= 0.3 is 0 Å². The number of hydrogen-bond donors (Lipinski definition) is 3. The molecule has 0 spiro atoms. The van der Waals surface area contributed by atoms with Crippen molar-refractivity contribution in [3.05, 3.63) is 78.6 Å². The number of aryl methyl sites for hydroxylation is 1. The first-order valence-electron chi connectivity index (χ1n) is 13.7. The SMILES string of the molecule is COc1cc(N2CCOCC2)c(NC(=O)C(C#N)=Cc2ncc[nH]2)cc1Nc1nccc(-c2cn(C)c3ccccc23)n1. The molecule has 1 amide bonds. The Morgan fingerprint density at radius 1 is 1.14 bits per heavy atom. The average molecular weight is 576 g/mol. The van der Waals surface area contributed by atoms with Gasteiger partial charge in [0, 0.05) is 73.5 Å². The molecule has 4 heterocycles. The summed E-state index contributed by atoms with van der Waals surface area (Å²) in [5.74, 6) is 0.722. The summed E-state index contributed by atoms with van der Waals surface area (Å²) in [6, 6.07) is 15.6. The highest BCUT2D eigenvalue weighted by molar-refractivity contribution is 6.11. The van der Waals surface area contributed by atoms with E-state index in [2.05, 4.69) is 47.2 Å². The first-order valence-corrected chi connectivity index (χ1v) is 13.7. The van der Waals surface area contributed by atoms with E-state index in [-0.39, 0.29) is 5.57 Å². The monoisotopic (exact) mass is 575 g/mol. The van der Waals surface area contributed by atoms with Gasteiger partial charge in [0.05, 0.1) is 43.1 Å². The lowest BCUT2D eigenvalue weighted by atomic mass is 10.1. The van der Waals surface area contributed by atoms with Crippen LogP contribution in [0.4, 0.5) is 23.0 Å². The van der Waals surface area contributed by atoms with E-state index in [9.17, 15) is 10.1 Å². The van der Waals surface area contributed by atoms with Crippen molar-refractivity contribution < 1.29 is 14.3 Å². The zero-order valence-corrected chi connectivity index (χ0v) is 23.7. The number of carbonyl (C=O) groups is 1. The van der Waals surface area contributed by atoms with Gasteiger partial charge in [-0.05, 0) is 18.2 Å². The second-order valence-corrected chi connectivity index (χ2v) is 9.83. The number of amides is 1. The van der Waals surface area contributed by atoms with Crippen LogP contribution < -0.4 is 20.3 Å². The molecule has 0 saturated carbocycles. The molecule has 1 aliphatic rings. The molecule has 2 aromatic carbocycles. The number of hydrogen-bond acceptors (Lipinski definition) is 9. The molecule has 0 aliphatic carbocycles. The quantitative estimate of drug-likeness (QED) is 0.180. The number of anilines is 4. The fourth-order valence-electron chi connectivity index (χ4n) is 5.07. The van der Waals surface area contributed by atoms with Crippen molar-refractivity contribution in [3.8, 4) is 23.1 Å². The minimum atomic E-state index is -0.571. The number of aromatic amines is 1. The number of H-pyrrole nitrogens is 1. The van der Waals surface area contributed by atoms with Crippen molar-refractivity contribution in [1.82, 2.24) is 24.5 Å². The van der Waals surface area contributed by atoms with Crippen molar-refractivity contribution in [2.24, 2.45) is 7.05 Å². The third-order valence-electron chi connectivity index (χ3n) is 7.16. The maximum absolute atomic E-state index is 13.3. The summed E-state index contributed by atoms with van der Waals surface area (Å²) in [6.45, 7) is 2.35. The lowest BCUT2D eigenvalue weighted by Crippen LogP contribution is -2.36. The molecule has 0 radical (unpaired) electrons. The van der Waals surface area contributed by atoms with Crippen LogP contribution in [0.5, 0.6) is 5.75 Å². The first-order chi connectivity index (χ1) is 21.0. The normalized spacial score (nSPS) is 13.5. The molecule has 216 valence electrons. The fraction of sp³-hybridized carbons (Fsp3) is 0.194. The molecule has 3 aromatic heterocycles. The standard InChI is InChI=1S/C31H29N9O3/c1-39-19-22(21-5-3-4-6-26(21)39)23-7-8-35-31(37-23)38-25-16-24(27(17-28(25)42-2)40-11-13-43-14-12-40)36-30(41)20(18-32)15-29-33-9-10-34-29/h3-10,15-17,19H,11-14H2,1-2H3,(H,33,34)(H,36,41)(H,35,37,38). The summed E-state index contributed by atoms with van der Waals surface area (Å²) in [5, 5.41) is 17.0. The highest BCUT2D eigenvalue weighted by Crippen LogP contribution is 2.39. The Bertz CT molecular complexity index is 1850. The molecule has 0 unspecified atom stereocenters. The predicted octanol–water partition coefficient (Wildman–Crippen LogP) is 4.49. The number of imidazole rings is 1. The van der Waals surface area contributed by atoms with Gasteiger partial charge in [-0.15, -0.1) is 0 Å². The molecular formula is C31H29N9O3. The number of aromatic nitrogens is 5. The van der Waals surface area contributed by atoms with E-state index in [1.165, 1.54) is 6.08 Å². The lowest BCUT2D eigenvalue weighted by Gasteiger charge is -2.31. The molecule has 5 aromatic rings. The fourth-order valence-corrected chi connectivity index (χ4v) is 5.07. The summed E-state index contributed by atoms with van der Waals surface area (Å²) in [4.78, 5) is 31.6. The number of para-hydroxylation sites is 1. The number of fused-ring (bicyclic) bond motifs is 1. The topological polar surface area (TPSA) is 146 Å². The Labute approximate surface area is 247 Å². The lowest BCUT2D eigenvalue weighted by molar-refractivity contribution is -0.112. The van der Waals surface area contributed by atoms with E-state index < -0.39 is 5.91 Å². The summed E-state index contributed by atoms with van der Waals surface area (Å²) in [6.07, 6.45) is 8.31. The Balaban J connectivity index is 1.36. The molecule has 6 rings (SSSR count). The molecule has 43 heavy (non-hydrogen) atoms. The maximum Gasteiger partial charge on any atom is 0.266 e. The number of ether oxygens (including phenoxy) is 2. The second-order valence-electron chi connectivity index (χ2n) is 9.83. The Kier molecular flexibility index (Phi) is 7.71. The van der Waals surface area contributed by atoms with Crippen LogP contribution >= 0.6 is 0 Å². The van der Waals surface area contributed by atoms with Crippen LogP contribution in [-0.4, -0.2) is 63.8 Å². The minimum absolute atomic E-state index is 0.0978. The van der Waals surface area contributed by atoms with Crippen molar-refractivity contribution >= 4 is 45.9 Å². The molecular weight excluding hydrogens is 546 g/mol. The van der Waals surface area contributed by atoms with Crippen LogP contribution in [0.1, 0.15) is 5.82 Å². The van der Waals surface area contributed by atoms with Crippen LogP contribution in [0.3, 0.4) is 0 Å². The molecule has 3 N–H and O–H groups in total. The van der Waals surface area contributed by atoms with E-state index in [4.69, 9.17) is 14.5 Å². The Hall–Kier alpha value is -5.67. The van der Waals surface area contributed by atoms with Gasteiger partial charge in [0.2, 0.25) is 5.95 Å². The van der Waals surface area contributed by atoms with Gasteiger partial charge < -0.3 is 34.6 Å². The van der Waals surface area contributed by atoms with Gasteiger partial charge in [0.1, 0.15) is 23.2 Å². The maximum atomic E-state index is 13.3. The summed E-state index contributed by atoms with van der Waals surface area (Å²) >= 11 is 0. The molecule has 12 nitrogen and oxygen atoms in total. The van der Waals surface area contributed by atoms with Gasteiger partial charge in [0.25, 0.3) is 5.91 Å². The Morgan fingerprint density at radius 3 is 2.74 bits per heavy atom.